The molecule has 11 nitrogen and oxygen atoms in total. The van der Waals surface area contributed by atoms with Crippen LogP contribution in [-0.4, -0.2) is 42.6 Å². The van der Waals surface area contributed by atoms with Crippen LogP contribution in [0.2, 0.25) is 0 Å². The average molecular weight is 477 g/mol. The van der Waals surface area contributed by atoms with Gasteiger partial charge in [-0.1, -0.05) is 5.16 Å². The Bertz CT molecular complexity index is 1590. The van der Waals surface area contributed by atoms with Crippen molar-refractivity contribution in [2.45, 2.75) is 4.90 Å². The van der Waals surface area contributed by atoms with E-state index in [1.807, 2.05) is 6.07 Å². The number of pyridine rings is 1. The molecule has 1 amide bonds. The molecule has 0 fully saturated rings. The summed E-state index contributed by atoms with van der Waals surface area (Å²) in [6.45, 7) is 0. The van der Waals surface area contributed by atoms with Crippen LogP contribution in [0.5, 0.6) is 0 Å². The second-order valence-corrected chi connectivity index (χ2v) is 8.81. The molecule has 0 aliphatic rings. The molecule has 2 heterocycles. The van der Waals surface area contributed by atoms with Crippen molar-refractivity contribution in [2.24, 2.45) is 0 Å². The summed E-state index contributed by atoms with van der Waals surface area (Å²) >= 11 is 0. The highest BCUT2D eigenvalue weighted by molar-refractivity contribution is 7.89. The largest absolute Gasteiger partial charge is 0.478 e. The molecule has 170 valence electrons. The van der Waals surface area contributed by atoms with Crippen LogP contribution in [0, 0.1) is 11.3 Å². The molecule has 4 aromatic rings. The SMILES string of the molecule is CNS(=O)(=O)c1cc2c(C(=O)Nc3ccc(C#N)cc3C(=O)O)noc2cc1-c1ccncc1. The number of anilines is 1. The number of carbonyl (C=O) groups excluding carboxylic acids is 1. The molecule has 0 aliphatic heterocycles. The standard InChI is InChI=1S/C22H15N5O6S/c1-24-34(31,32)19-10-16-18(9-14(19)13-4-6-25-7-5-13)33-27-20(16)21(28)26-17-3-2-12(11-23)8-15(17)22(29)30/h2-10,24H,1H3,(H,26,28)(H,29,30). The molecule has 0 unspecified atom stereocenters. The Hall–Kier alpha value is -4.60. The van der Waals surface area contributed by atoms with E-state index in [0.29, 0.717) is 11.1 Å². The lowest BCUT2D eigenvalue weighted by atomic mass is 10.0. The summed E-state index contributed by atoms with van der Waals surface area (Å²) in [5.41, 5.74) is 0.509. The van der Waals surface area contributed by atoms with Crippen molar-refractivity contribution >= 4 is 38.6 Å². The lowest BCUT2D eigenvalue weighted by molar-refractivity contribution is 0.0698. The van der Waals surface area contributed by atoms with Crippen molar-refractivity contribution < 1.29 is 27.6 Å². The maximum atomic E-state index is 12.9. The third-order valence-corrected chi connectivity index (χ3v) is 6.42. The van der Waals surface area contributed by atoms with Crippen LogP contribution >= 0.6 is 0 Å². The Balaban J connectivity index is 1.83. The monoisotopic (exact) mass is 477 g/mol. The number of sulfonamides is 1. The van der Waals surface area contributed by atoms with Crippen molar-refractivity contribution in [1.29, 1.82) is 5.26 Å². The van der Waals surface area contributed by atoms with Crippen LogP contribution in [-0.2, 0) is 10.0 Å². The minimum absolute atomic E-state index is 0.0656. The summed E-state index contributed by atoms with van der Waals surface area (Å²) in [5.74, 6) is -2.17. The zero-order chi connectivity index (χ0) is 24.5. The second-order valence-electron chi connectivity index (χ2n) is 6.95. The van der Waals surface area contributed by atoms with Crippen molar-refractivity contribution in [2.75, 3.05) is 12.4 Å². The molecule has 34 heavy (non-hydrogen) atoms. The zero-order valence-corrected chi connectivity index (χ0v) is 18.3. The molecule has 0 spiro atoms. The van der Waals surface area contributed by atoms with Crippen LogP contribution in [0.1, 0.15) is 26.4 Å². The van der Waals surface area contributed by atoms with E-state index in [-0.39, 0.29) is 38.4 Å². The fourth-order valence-corrected chi connectivity index (χ4v) is 4.26. The average Bonchev–Trinajstić information content (AvgIpc) is 3.27. The maximum absolute atomic E-state index is 12.9. The molecule has 4 rings (SSSR count). The number of carbonyl (C=O) groups is 2. The third kappa shape index (κ3) is 4.08. The Morgan fingerprint density at radius 2 is 1.85 bits per heavy atom. The first-order chi connectivity index (χ1) is 16.2. The molecule has 0 atom stereocenters. The van der Waals surface area contributed by atoms with Crippen molar-refractivity contribution in [3.8, 4) is 17.2 Å². The summed E-state index contributed by atoms with van der Waals surface area (Å²) in [5, 5.41) is 24.7. The van der Waals surface area contributed by atoms with E-state index in [9.17, 15) is 23.1 Å². The number of fused-ring (bicyclic) bond motifs is 1. The van der Waals surface area contributed by atoms with E-state index < -0.39 is 21.9 Å². The van der Waals surface area contributed by atoms with Gasteiger partial charge in [-0.15, -0.1) is 0 Å². The number of hydrogen-bond donors (Lipinski definition) is 3. The van der Waals surface area contributed by atoms with E-state index >= 15 is 0 Å². The molecular formula is C22H15N5O6S. The molecule has 3 N–H and O–H groups in total. The molecule has 2 aromatic carbocycles. The van der Waals surface area contributed by atoms with Gasteiger partial charge < -0.3 is 14.9 Å². The van der Waals surface area contributed by atoms with Crippen molar-refractivity contribution in [3.63, 3.8) is 0 Å². The lowest BCUT2D eigenvalue weighted by Gasteiger charge is -2.10. The first-order valence-electron chi connectivity index (χ1n) is 9.61. The maximum Gasteiger partial charge on any atom is 0.337 e. The summed E-state index contributed by atoms with van der Waals surface area (Å²) in [6.07, 6.45) is 3.01. The van der Waals surface area contributed by atoms with Crippen LogP contribution in [0.3, 0.4) is 0 Å². The van der Waals surface area contributed by atoms with E-state index in [2.05, 4.69) is 20.2 Å². The number of nitriles is 1. The Morgan fingerprint density at radius 1 is 1.12 bits per heavy atom. The molecule has 12 heteroatoms. The summed E-state index contributed by atoms with van der Waals surface area (Å²) in [4.78, 5) is 28.3. The first-order valence-corrected chi connectivity index (χ1v) is 11.1. The first kappa shape index (κ1) is 22.6. The predicted octanol–water partition coefficient (Wildman–Crippen LogP) is 2.62. The molecule has 0 aliphatic carbocycles. The zero-order valence-electron chi connectivity index (χ0n) is 17.4. The van der Waals surface area contributed by atoms with Crippen molar-refractivity contribution in [3.05, 3.63) is 71.7 Å². The van der Waals surface area contributed by atoms with Gasteiger partial charge in [0.05, 0.1) is 33.2 Å². The van der Waals surface area contributed by atoms with Gasteiger partial charge in [0.15, 0.2) is 11.3 Å². The highest BCUT2D eigenvalue weighted by atomic mass is 32.2. The quantitative estimate of drug-likeness (QED) is 0.377. The summed E-state index contributed by atoms with van der Waals surface area (Å²) in [6, 6.07) is 11.5. The molecular weight excluding hydrogens is 462 g/mol. The van der Waals surface area contributed by atoms with Gasteiger partial charge in [-0.2, -0.15) is 5.26 Å². The highest BCUT2D eigenvalue weighted by Gasteiger charge is 2.25. The minimum atomic E-state index is -3.95. The third-order valence-electron chi connectivity index (χ3n) is 4.96. The number of rotatable bonds is 6. The smallest absolute Gasteiger partial charge is 0.337 e. The van der Waals surface area contributed by atoms with Gasteiger partial charge in [0.2, 0.25) is 10.0 Å². The number of nitrogens with one attached hydrogen (secondary N) is 2. The number of aromatic carboxylic acids is 1. The van der Waals surface area contributed by atoms with E-state index in [0.717, 1.165) is 6.07 Å². The number of aromatic nitrogens is 2. The molecule has 0 bridgehead atoms. The van der Waals surface area contributed by atoms with Crippen LogP contribution in [0.25, 0.3) is 22.1 Å². The molecule has 0 saturated heterocycles. The minimum Gasteiger partial charge on any atom is -0.478 e. The lowest BCUT2D eigenvalue weighted by Crippen LogP contribution is -2.19. The van der Waals surface area contributed by atoms with Gasteiger partial charge in [-0.05, 0) is 55.1 Å². The summed E-state index contributed by atoms with van der Waals surface area (Å²) < 4.78 is 33.0. The van der Waals surface area contributed by atoms with Crippen LogP contribution < -0.4 is 10.0 Å². The fraction of sp³-hybridized carbons (Fsp3) is 0.0455. The van der Waals surface area contributed by atoms with E-state index in [1.165, 1.54) is 43.7 Å². The number of hydrogen-bond acceptors (Lipinski definition) is 8. The molecule has 0 saturated carbocycles. The van der Waals surface area contributed by atoms with Gasteiger partial charge in [-0.3, -0.25) is 9.78 Å². The molecule has 0 radical (unpaired) electrons. The Labute approximate surface area is 192 Å². The number of nitrogens with zero attached hydrogens (tertiary/aromatic N) is 3. The van der Waals surface area contributed by atoms with Crippen molar-refractivity contribution in [1.82, 2.24) is 14.9 Å². The number of carboxylic acid groups (broad SMARTS) is 1. The number of amides is 1. The van der Waals surface area contributed by atoms with Gasteiger partial charge in [0.25, 0.3) is 5.91 Å². The van der Waals surface area contributed by atoms with E-state index in [4.69, 9.17) is 9.78 Å². The van der Waals surface area contributed by atoms with Gasteiger partial charge in [0, 0.05) is 18.0 Å². The topological polar surface area (TPSA) is 175 Å². The number of benzene rings is 2. The Morgan fingerprint density at radius 3 is 2.50 bits per heavy atom. The second kappa shape index (κ2) is 8.74. The van der Waals surface area contributed by atoms with E-state index in [1.54, 1.807) is 12.1 Å². The highest BCUT2D eigenvalue weighted by Crippen LogP contribution is 2.33. The Kier molecular flexibility index (Phi) is 5.80. The van der Waals surface area contributed by atoms with Crippen LogP contribution in [0.15, 0.2) is 64.3 Å². The molecule has 2 aromatic heterocycles. The predicted molar refractivity (Wildman–Crippen MR) is 120 cm³/mol. The van der Waals surface area contributed by atoms with Gasteiger partial charge in [-0.25, -0.2) is 17.9 Å². The normalized spacial score (nSPS) is 11.2. The van der Waals surface area contributed by atoms with Gasteiger partial charge >= 0.3 is 5.97 Å². The fourth-order valence-electron chi connectivity index (χ4n) is 3.30. The van der Waals surface area contributed by atoms with Gasteiger partial charge in [0.1, 0.15) is 0 Å². The summed E-state index contributed by atoms with van der Waals surface area (Å²) in [7, 11) is -2.69. The van der Waals surface area contributed by atoms with Crippen LogP contribution in [0.4, 0.5) is 5.69 Å². The number of carboxylic acids is 1.